The number of hydrogen-bond donors (Lipinski definition) is 3. The molecule has 7 nitrogen and oxygen atoms in total. The normalized spacial score (nSPS) is 12.4. The molecule has 0 saturated heterocycles. The number of carbonyl (C=O) groups is 3. The molecule has 1 rings (SSSR count). The van der Waals surface area contributed by atoms with E-state index < -0.39 is 17.6 Å². The van der Waals surface area contributed by atoms with Gasteiger partial charge >= 0.3 is 5.97 Å². The van der Waals surface area contributed by atoms with Gasteiger partial charge in [-0.25, -0.2) is 4.79 Å². The lowest BCUT2D eigenvalue weighted by Gasteiger charge is -2.19. The summed E-state index contributed by atoms with van der Waals surface area (Å²) in [6, 6.07) is 5.67. The lowest BCUT2D eigenvalue weighted by molar-refractivity contribution is -0.125. The van der Waals surface area contributed by atoms with Crippen molar-refractivity contribution in [3.8, 4) is 0 Å². The summed E-state index contributed by atoms with van der Waals surface area (Å²) in [7, 11) is 0. The lowest BCUT2D eigenvalue weighted by Crippen LogP contribution is -2.46. The SMILES string of the molecule is CC(C)[C@H](N)C(=O)NCC(=O)Nc1ccc(C(=O)OC(C)(C)C)cc1. The maximum absolute atomic E-state index is 11.9. The zero-order valence-electron chi connectivity index (χ0n) is 15.4. The Balaban J connectivity index is 2.53. The molecule has 0 bridgehead atoms. The van der Waals surface area contributed by atoms with Crippen LogP contribution in [0.1, 0.15) is 45.0 Å². The second-order valence-electron chi connectivity index (χ2n) is 7.12. The molecule has 0 saturated carbocycles. The fraction of sp³-hybridized carbons (Fsp3) is 0.500. The van der Waals surface area contributed by atoms with Gasteiger partial charge in [0.05, 0.1) is 18.2 Å². The quantitative estimate of drug-likeness (QED) is 0.677. The number of nitrogens with one attached hydrogen (secondary N) is 2. The van der Waals surface area contributed by atoms with Gasteiger partial charge in [0.15, 0.2) is 0 Å². The second-order valence-corrected chi connectivity index (χ2v) is 7.12. The van der Waals surface area contributed by atoms with Crippen LogP contribution in [0.4, 0.5) is 5.69 Å². The van der Waals surface area contributed by atoms with Crippen LogP contribution in [0, 0.1) is 5.92 Å². The molecule has 0 radical (unpaired) electrons. The van der Waals surface area contributed by atoms with Crippen LogP contribution in [-0.4, -0.2) is 36.0 Å². The number of rotatable bonds is 6. The third-order valence-electron chi connectivity index (χ3n) is 3.25. The predicted molar refractivity (Wildman–Crippen MR) is 96.1 cm³/mol. The molecule has 1 aromatic carbocycles. The molecule has 0 aliphatic carbocycles. The first-order valence-corrected chi connectivity index (χ1v) is 8.16. The first kappa shape index (κ1) is 20.6. The van der Waals surface area contributed by atoms with Crippen molar-refractivity contribution >= 4 is 23.5 Å². The molecule has 138 valence electrons. The zero-order valence-corrected chi connectivity index (χ0v) is 15.4. The standard InChI is InChI=1S/C18H27N3O4/c1-11(2)15(19)16(23)20-10-14(22)21-13-8-6-12(7-9-13)17(24)25-18(3,4)5/h6-9,11,15H,10,19H2,1-5H3,(H,20,23)(H,21,22)/t15-/m0/s1. The fourth-order valence-electron chi connectivity index (χ4n) is 1.82. The highest BCUT2D eigenvalue weighted by Crippen LogP contribution is 2.14. The van der Waals surface area contributed by atoms with Crippen LogP contribution < -0.4 is 16.4 Å². The molecule has 1 atom stereocenters. The molecule has 0 aromatic heterocycles. The van der Waals surface area contributed by atoms with E-state index in [1.165, 1.54) is 0 Å². The number of anilines is 1. The van der Waals surface area contributed by atoms with Crippen LogP contribution in [0.25, 0.3) is 0 Å². The number of carbonyl (C=O) groups excluding carboxylic acids is 3. The van der Waals surface area contributed by atoms with Crippen LogP contribution in [0.5, 0.6) is 0 Å². The first-order chi connectivity index (χ1) is 11.5. The average Bonchev–Trinajstić information content (AvgIpc) is 2.50. The van der Waals surface area contributed by atoms with E-state index in [4.69, 9.17) is 10.5 Å². The van der Waals surface area contributed by atoms with Gasteiger partial charge in [0.25, 0.3) is 0 Å². The molecule has 0 aliphatic heterocycles. The molecule has 2 amide bonds. The molecular weight excluding hydrogens is 322 g/mol. The molecule has 4 N–H and O–H groups in total. The number of ether oxygens (including phenoxy) is 1. The van der Waals surface area contributed by atoms with Gasteiger partial charge in [-0.15, -0.1) is 0 Å². The van der Waals surface area contributed by atoms with E-state index in [9.17, 15) is 14.4 Å². The molecule has 25 heavy (non-hydrogen) atoms. The van der Waals surface area contributed by atoms with Crippen molar-refractivity contribution in [2.75, 3.05) is 11.9 Å². The van der Waals surface area contributed by atoms with Gasteiger partial charge in [-0.2, -0.15) is 0 Å². The van der Waals surface area contributed by atoms with E-state index in [1.54, 1.807) is 45.0 Å². The summed E-state index contributed by atoms with van der Waals surface area (Å²) in [5, 5.41) is 5.12. The van der Waals surface area contributed by atoms with Crippen LogP contribution in [0.3, 0.4) is 0 Å². The van der Waals surface area contributed by atoms with E-state index in [0.29, 0.717) is 11.3 Å². The fourth-order valence-corrected chi connectivity index (χ4v) is 1.82. The molecule has 0 unspecified atom stereocenters. The highest BCUT2D eigenvalue weighted by molar-refractivity contribution is 5.96. The number of amides is 2. The van der Waals surface area contributed by atoms with Crippen molar-refractivity contribution < 1.29 is 19.1 Å². The third kappa shape index (κ3) is 7.34. The van der Waals surface area contributed by atoms with Gasteiger partial charge in [0, 0.05) is 5.69 Å². The summed E-state index contributed by atoms with van der Waals surface area (Å²) < 4.78 is 5.27. The smallest absolute Gasteiger partial charge is 0.338 e. The highest BCUT2D eigenvalue weighted by atomic mass is 16.6. The summed E-state index contributed by atoms with van der Waals surface area (Å²) in [6.45, 7) is 8.86. The minimum absolute atomic E-state index is 0.0107. The van der Waals surface area contributed by atoms with Crippen LogP contribution in [-0.2, 0) is 14.3 Å². The predicted octanol–water partition coefficient (Wildman–Crippen LogP) is 1.68. The average molecular weight is 349 g/mol. The van der Waals surface area contributed by atoms with Gasteiger partial charge in [0.1, 0.15) is 5.60 Å². The minimum atomic E-state index is -0.652. The van der Waals surface area contributed by atoms with Crippen molar-refractivity contribution in [2.24, 2.45) is 11.7 Å². The summed E-state index contributed by atoms with van der Waals surface area (Å²) in [4.78, 5) is 35.5. The van der Waals surface area contributed by atoms with Gasteiger partial charge in [-0.1, -0.05) is 13.8 Å². The Kier molecular flexibility index (Phi) is 7.11. The van der Waals surface area contributed by atoms with Crippen molar-refractivity contribution in [1.29, 1.82) is 0 Å². The molecule has 1 aromatic rings. The largest absolute Gasteiger partial charge is 0.456 e. The molecule has 7 heteroatoms. The van der Waals surface area contributed by atoms with Crippen molar-refractivity contribution in [3.05, 3.63) is 29.8 Å². The summed E-state index contributed by atoms with van der Waals surface area (Å²) in [5.41, 5.74) is 6.04. The van der Waals surface area contributed by atoms with Gasteiger partial charge < -0.3 is 21.1 Å². The lowest BCUT2D eigenvalue weighted by atomic mass is 10.1. The zero-order chi connectivity index (χ0) is 19.2. The molecule has 0 spiro atoms. The second kappa shape index (κ2) is 8.62. The molecule has 0 aliphatic rings. The van der Waals surface area contributed by atoms with Gasteiger partial charge in [-0.3, -0.25) is 9.59 Å². The van der Waals surface area contributed by atoms with Crippen molar-refractivity contribution in [2.45, 2.75) is 46.3 Å². The Morgan fingerprint density at radius 3 is 2.16 bits per heavy atom. The Morgan fingerprint density at radius 1 is 1.12 bits per heavy atom. The Morgan fingerprint density at radius 2 is 1.68 bits per heavy atom. The van der Waals surface area contributed by atoms with Crippen LogP contribution >= 0.6 is 0 Å². The molecular formula is C18H27N3O4. The monoisotopic (exact) mass is 349 g/mol. The third-order valence-corrected chi connectivity index (χ3v) is 3.25. The van der Waals surface area contributed by atoms with Crippen molar-refractivity contribution in [1.82, 2.24) is 5.32 Å². The van der Waals surface area contributed by atoms with Gasteiger partial charge in [0.2, 0.25) is 11.8 Å². The van der Waals surface area contributed by atoms with E-state index in [1.807, 2.05) is 13.8 Å². The Bertz CT molecular complexity index is 618. The number of esters is 1. The number of hydrogen-bond acceptors (Lipinski definition) is 5. The summed E-state index contributed by atoms with van der Waals surface area (Å²) in [6.07, 6.45) is 0. The minimum Gasteiger partial charge on any atom is -0.456 e. The maximum atomic E-state index is 11.9. The Labute approximate surface area is 148 Å². The molecule has 0 fully saturated rings. The van der Waals surface area contributed by atoms with E-state index >= 15 is 0 Å². The van der Waals surface area contributed by atoms with Crippen LogP contribution in [0.15, 0.2) is 24.3 Å². The maximum Gasteiger partial charge on any atom is 0.338 e. The highest BCUT2D eigenvalue weighted by Gasteiger charge is 2.19. The van der Waals surface area contributed by atoms with Crippen LogP contribution in [0.2, 0.25) is 0 Å². The number of benzene rings is 1. The van der Waals surface area contributed by atoms with Gasteiger partial charge in [-0.05, 0) is 51.0 Å². The topological polar surface area (TPSA) is 111 Å². The Hall–Kier alpha value is -2.41. The van der Waals surface area contributed by atoms with E-state index in [2.05, 4.69) is 10.6 Å². The van der Waals surface area contributed by atoms with E-state index in [0.717, 1.165) is 0 Å². The summed E-state index contributed by atoms with van der Waals surface area (Å²) in [5.74, 6) is -1.19. The number of nitrogens with two attached hydrogens (primary N) is 1. The summed E-state index contributed by atoms with van der Waals surface area (Å²) >= 11 is 0. The van der Waals surface area contributed by atoms with Crippen molar-refractivity contribution in [3.63, 3.8) is 0 Å². The van der Waals surface area contributed by atoms with E-state index in [-0.39, 0.29) is 24.3 Å². The molecule has 0 heterocycles. The first-order valence-electron chi connectivity index (χ1n) is 8.16.